The first-order valence-corrected chi connectivity index (χ1v) is 5.86. The summed E-state index contributed by atoms with van der Waals surface area (Å²) in [6.45, 7) is 2.01. The Balaban J connectivity index is 1.86. The van der Waals surface area contributed by atoms with E-state index in [0.717, 1.165) is 37.0 Å². The summed E-state index contributed by atoms with van der Waals surface area (Å²) in [6.07, 6.45) is 4.11. The Morgan fingerprint density at radius 3 is 3.12 bits per heavy atom. The lowest BCUT2D eigenvalue weighted by atomic mass is 10.0. The molecule has 1 aliphatic heterocycles. The minimum absolute atomic E-state index is 0.182. The molecule has 88 valence electrons. The lowest BCUT2D eigenvalue weighted by Crippen LogP contribution is -2.17. The van der Waals surface area contributed by atoms with Gasteiger partial charge in [0.25, 0.3) is 0 Å². The highest BCUT2D eigenvalue weighted by atomic mass is 19.1. The van der Waals surface area contributed by atoms with E-state index in [9.17, 15) is 4.39 Å². The lowest BCUT2D eigenvalue weighted by Gasteiger charge is -2.11. The molecule has 0 bridgehead atoms. The molecule has 16 heavy (non-hydrogen) atoms. The third-order valence-corrected chi connectivity index (χ3v) is 2.95. The largest absolute Gasteiger partial charge is 0.490 e. The second-order valence-electron chi connectivity index (χ2n) is 4.60. The second-order valence-corrected chi connectivity index (χ2v) is 4.60. The van der Waals surface area contributed by atoms with Crippen molar-refractivity contribution in [3.8, 4) is 5.75 Å². The lowest BCUT2D eigenvalue weighted by molar-refractivity contribution is 0.216. The van der Waals surface area contributed by atoms with Crippen molar-refractivity contribution in [1.82, 2.24) is 0 Å². The molecule has 1 heterocycles. The Bertz CT molecular complexity index is 365. The summed E-state index contributed by atoms with van der Waals surface area (Å²) >= 11 is 0. The second kappa shape index (κ2) is 4.83. The molecule has 2 unspecified atom stereocenters. The first-order valence-electron chi connectivity index (χ1n) is 5.86. The maximum atomic E-state index is 13.0. The minimum atomic E-state index is -0.182. The van der Waals surface area contributed by atoms with E-state index in [2.05, 4.69) is 0 Å². The minimum Gasteiger partial charge on any atom is -0.490 e. The molecule has 2 rings (SSSR count). The van der Waals surface area contributed by atoms with Gasteiger partial charge in [0.15, 0.2) is 0 Å². The van der Waals surface area contributed by atoms with E-state index >= 15 is 0 Å². The molecule has 0 radical (unpaired) electrons. The van der Waals surface area contributed by atoms with Gasteiger partial charge in [-0.15, -0.1) is 0 Å². The summed E-state index contributed by atoms with van der Waals surface area (Å²) in [7, 11) is 0. The summed E-state index contributed by atoms with van der Waals surface area (Å²) < 4.78 is 18.7. The number of ether oxygens (including phenoxy) is 1. The average molecular weight is 223 g/mol. The number of hydrogen-bond donors (Lipinski definition) is 1. The van der Waals surface area contributed by atoms with Crippen LogP contribution in [0.15, 0.2) is 18.2 Å². The zero-order chi connectivity index (χ0) is 11.5. The highest BCUT2D eigenvalue weighted by Gasteiger charge is 2.22. The highest BCUT2D eigenvalue weighted by molar-refractivity contribution is 5.37. The fourth-order valence-corrected chi connectivity index (χ4v) is 2.12. The summed E-state index contributed by atoms with van der Waals surface area (Å²) in [4.78, 5) is 0. The molecule has 2 N–H and O–H groups in total. The van der Waals surface area contributed by atoms with Crippen LogP contribution in [-0.2, 0) is 6.42 Å². The number of fused-ring (bicyclic) bond motifs is 1. The van der Waals surface area contributed by atoms with Crippen LogP contribution in [0.2, 0.25) is 0 Å². The maximum Gasteiger partial charge on any atom is 0.123 e. The van der Waals surface area contributed by atoms with Crippen LogP contribution in [0.1, 0.15) is 31.7 Å². The number of benzene rings is 1. The Morgan fingerprint density at radius 1 is 1.56 bits per heavy atom. The van der Waals surface area contributed by atoms with Gasteiger partial charge in [0.1, 0.15) is 17.7 Å². The maximum absolute atomic E-state index is 13.0. The zero-order valence-corrected chi connectivity index (χ0v) is 9.58. The molecule has 2 atom stereocenters. The van der Waals surface area contributed by atoms with Gasteiger partial charge in [0, 0.05) is 18.0 Å². The predicted molar refractivity (Wildman–Crippen MR) is 62.0 cm³/mol. The summed E-state index contributed by atoms with van der Waals surface area (Å²) in [5.74, 6) is 0.658. The molecule has 3 heteroatoms. The van der Waals surface area contributed by atoms with Crippen molar-refractivity contribution in [2.75, 3.05) is 0 Å². The quantitative estimate of drug-likeness (QED) is 0.851. The molecule has 0 aromatic heterocycles. The average Bonchev–Trinajstić information content (AvgIpc) is 2.58. The van der Waals surface area contributed by atoms with E-state index in [0.29, 0.717) is 0 Å². The van der Waals surface area contributed by atoms with E-state index in [1.54, 1.807) is 12.1 Å². The number of halogens is 1. The van der Waals surface area contributed by atoms with E-state index in [1.165, 1.54) is 6.07 Å². The van der Waals surface area contributed by atoms with Gasteiger partial charge >= 0.3 is 0 Å². The third kappa shape index (κ3) is 2.73. The standard InChI is InChI=1S/C13H18FNO/c1-9(15)3-2-4-12-8-10-7-11(14)5-6-13(10)16-12/h5-7,9,12H,2-4,8,15H2,1H3. The van der Waals surface area contributed by atoms with Crippen LogP contribution < -0.4 is 10.5 Å². The van der Waals surface area contributed by atoms with Gasteiger partial charge in [0.2, 0.25) is 0 Å². The monoisotopic (exact) mass is 223 g/mol. The number of rotatable bonds is 4. The molecule has 0 aliphatic carbocycles. The van der Waals surface area contributed by atoms with Crippen LogP contribution in [0.25, 0.3) is 0 Å². The summed E-state index contributed by atoms with van der Waals surface area (Å²) in [6, 6.07) is 4.99. The highest BCUT2D eigenvalue weighted by Crippen LogP contribution is 2.31. The summed E-state index contributed by atoms with van der Waals surface area (Å²) in [5, 5.41) is 0. The third-order valence-electron chi connectivity index (χ3n) is 2.95. The van der Waals surface area contributed by atoms with E-state index in [1.807, 2.05) is 6.92 Å². The molecule has 0 fully saturated rings. The van der Waals surface area contributed by atoms with Gasteiger partial charge in [-0.3, -0.25) is 0 Å². The van der Waals surface area contributed by atoms with Crippen LogP contribution in [-0.4, -0.2) is 12.1 Å². The van der Waals surface area contributed by atoms with Crippen LogP contribution >= 0.6 is 0 Å². The van der Waals surface area contributed by atoms with E-state index in [-0.39, 0.29) is 18.0 Å². The fraction of sp³-hybridized carbons (Fsp3) is 0.538. The van der Waals surface area contributed by atoms with Gasteiger partial charge in [-0.05, 0) is 44.4 Å². The van der Waals surface area contributed by atoms with Crippen molar-refractivity contribution in [1.29, 1.82) is 0 Å². The number of hydrogen-bond acceptors (Lipinski definition) is 2. The molecule has 1 aromatic rings. The van der Waals surface area contributed by atoms with Crippen LogP contribution in [0.4, 0.5) is 4.39 Å². The van der Waals surface area contributed by atoms with E-state index in [4.69, 9.17) is 10.5 Å². The van der Waals surface area contributed by atoms with Crippen molar-refractivity contribution in [2.24, 2.45) is 5.73 Å². The van der Waals surface area contributed by atoms with Crippen molar-refractivity contribution in [3.05, 3.63) is 29.6 Å². The molecule has 1 aliphatic rings. The first-order chi connectivity index (χ1) is 7.65. The Labute approximate surface area is 95.6 Å². The Hall–Kier alpha value is -1.09. The normalized spacial score (nSPS) is 20.3. The molecule has 1 aromatic carbocycles. The van der Waals surface area contributed by atoms with Crippen LogP contribution in [0.3, 0.4) is 0 Å². The molecule has 2 nitrogen and oxygen atoms in total. The van der Waals surface area contributed by atoms with Gasteiger partial charge in [-0.25, -0.2) is 4.39 Å². The van der Waals surface area contributed by atoms with Crippen LogP contribution in [0, 0.1) is 5.82 Å². The fourth-order valence-electron chi connectivity index (χ4n) is 2.12. The molecule has 0 amide bonds. The van der Waals surface area contributed by atoms with Gasteiger partial charge in [-0.1, -0.05) is 0 Å². The molecular weight excluding hydrogens is 205 g/mol. The van der Waals surface area contributed by atoms with Gasteiger partial charge in [-0.2, -0.15) is 0 Å². The SMILES string of the molecule is CC(N)CCCC1Cc2cc(F)ccc2O1. The van der Waals surface area contributed by atoms with Crippen molar-refractivity contribution < 1.29 is 9.13 Å². The molecular formula is C13H18FNO. The molecule has 0 saturated carbocycles. The van der Waals surface area contributed by atoms with Crippen molar-refractivity contribution in [3.63, 3.8) is 0 Å². The number of nitrogens with two attached hydrogens (primary N) is 1. The van der Waals surface area contributed by atoms with E-state index < -0.39 is 0 Å². The Morgan fingerprint density at radius 2 is 2.38 bits per heavy atom. The van der Waals surface area contributed by atoms with Gasteiger partial charge < -0.3 is 10.5 Å². The smallest absolute Gasteiger partial charge is 0.123 e. The summed E-state index contributed by atoms with van der Waals surface area (Å²) in [5.41, 5.74) is 6.68. The van der Waals surface area contributed by atoms with Gasteiger partial charge in [0.05, 0.1) is 0 Å². The van der Waals surface area contributed by atoms with Crippen LogP contribution in [0.5, 0.6) is 5.75 Å². The first kappa shape index (κ1) is 11.4. The predicted octanol–water partition coefficient (Wildman–Crippen LogP) is 2.65. The molecule has 0 saturated heterocycles. The zero-order valence-electron chi connectivity index (χ0n) is 9.58. The molecule has 0 spiro atoms. The van der Waals surface area contributed by atoms with Crippen molar-refractivity contribution >= 4 is 0 Å². The van der Waals surface area contributed by atoms with Crippen molar-refractivity contribution in [2.45, 2.75) is 44.8 Å². The Kier molecular flexibility index (Phi) is 3.44. The topological polar surface area (TPSA) is 35.2 Å².